The van der Waals surface area contributed by atoms with Gasteiger partial charge in [-0.25, -0.2) is 9.97 Å². The number of hydrogen-bond acceptors (Lipinski definition) is 8. The van der Waals surface area contributed by atoms with Crippen LogP contribution < -0.4 is 10.5 Å². The van der Waals surface area contributed by atoms with Crippen LogP contribution >= 0.6 is 19.4 Å². The van der Waals surface area contributed by atoms with Gasteiger partial charge in [0.2, 0.25) is 5.95 Å². The lowest BCUT2D eigenvalue weighted by atomic mass is 10.3. The second-order valence-electron chi connectivity index (χ2n) is 6.45. The van der Waals surface area contributed by atoms with Crippen LogP contribution in [0.3, 0.4) is 0 Å². The topological polar surface area (TPSA) is 146 Å². The van der Waals surface area contributed by atoms with E-state index in [0.717, 1.165) is 23.5 Å². The van der Waals surface area contributed by atoms with E-state index in [4.69, 9.17) is 25.0 Å². The first-order valence-corrected chi connectivity index (χ1v) is 12.0. The van der Waals surface area contributed by atoms with Gasteiger partial charge in [-0.2, -0.15) is 4.98 Å². The van der Waals surface area contributed by atoms with Crippen molar-refractivity contribution in [3.05, 3.63) is 30.6 Å². The average Bonchev–Trinajstić information content (AvgIpc) is 3.09. The molecule has 0 aliphatic carbocycles. The fraction of sp³-hybridized carbons (Fsp3) is 0.389. The van der Waals surface area contributed by atoms with Gasteiger partial charge in [-0.15, -0.1) is 0 Å². The molecule has 0 fully saturated rings. The van der Waals surface area contributed by atoms with Crippen LogP contribution in [0.2, 0.25) is 0 Å². The van der Waals surface area contributed by atoms with Gasteiger partial charge in [0, 0.05) is 6.54 Å². The molecule has 0 unspecified atom stereocenters. The molecule has 0 aliphatic heterocycles. The molecule has 0 saturated heterocycles. The number of nitrogen functional groups attached to an aromatic ring is 1. The van der Waals surface area contributed by atoms with Crippen LogP contribution in [0.1, 0.15) is 19.8 Å². The van der Waals surface area contributed by atoms with Crippen LogP contribution in [0.25, 0.3) is 11.2 Å². The quantitative estimate of drug-likeness (QED) is 0.225. The molecule has 1 aromatic carbocycles. The Morgan fingerprint density at radius 1 is 1.23 bits per heavy atom. The minimum atomic E-state index is -4.20. The summed E-state index contributed by atoms with van der Waals surface area (Å²) in [6.45, 7) is 3.15. The number of unbranched alkanes of at least 4 members (excludes halogenated alkanes) is 1. The number of aromatic nitrogens is 4. The summed E-state index contributed by atoms with van der Waals surface area (Å²) in [5.74, 6) is 0.874. The van der Waals surface area contributed by atoms with E-state index in [1.807, 2.05) is 24.3 Å². The molecule has 0 aliphatic rings. The first-order chi connectivity index (χ1) is 14.4. The number of nitrogens with two attached hydrogens (primary N) is 1. The third kappa shape index (κ3) is 6.16. The predicted molar refractivity (Wildman–Crippen MR) is 114 cm³/mol. The molecule has 0 saturated carbocycles. The smallest absolute Gasteiger partial charge is 0.350 e. The van der Waals surface area contributed by atoms with E-state index >= 15 is 0 Å². The van der Waals surface area contributed by atoms with Gasteiger partial charge in [0.15, 0.2) is 5.65 Å². The molecule has 2 heterocycles. The summed E-state index contributed by atoms with van der Waals surface area (Å²) >= 11 is 1.39. The Bertz CT molecular complexity index is 1040. The van der Waals surface area contributed by atoms with E-state index < -0.39 is 13.9 Å². The largest absolute Gasteiger partial charge is 0.492 e. The van der Waals surface area contributed by atoms with Crippen LogP contribution in [0.15, 0.2) is 40.5 Å². The lowest BCUT2D eigenvalue weighted by Crippen LogP contribution is -2.08. The number of ether oxygens (including phenoxy) is 2. The molecule has 12 heteroatoms. The Morgan fingerprint density at radius 3 is 2.80 bits per heavy atom. The normalized spacial score (nSPS) is 11.8. The molecular formula is C18H24N5O5PS. The molecule has 2 aromatic heterocycles. The molecule has 0 spiro atoms. The van der Waals surface area contributed by atoms with Crippen molar-refractivity contribution >= 4 is 36.5 Å². The van der Waals surface area contributed by atoms with E-state index in [-0.39, 0.29) is 12.6 Å². The Hall–Kier alpha value is -2.17. The molecule has 4 N–H and O–H groups in total. The van der Waals surface area contributed by atoms with E-state index in [1.54, 1.807) is 10.9 Å². The second kappa shape index (κ2) is 10.2. The fourth-order valence-electron chi connectivity index (χ4n) is 2.60. The van der Waals surface area contributed by atoms with Gasteiger partial charge < -0.3 is 29.6 Å². The Labute approximate surface area is 178 Å². The summed E-state index contributed by atoms with van der Waals surface area (Å²) in [5.41, 5.74) is 7.01. The van der Waals surface area contributed by atoms with Crippen molar-refractivity contribution in [2.24, 2.45) is 0 Å². The van der Waals surface area contributed by atoms with Crippen LogP contribution in [-0.4, -0.2) is 48.9 Å². The zero-order valence-electron chi connectivity index (χ0n) is 16.5. The number of benzene rings is 1. The van der Waals surface area contributed by atoms with Crippen molar-refractivity contribution in [1.29, 1.82) is 0 Å². The maximum absolute atomic E-state index is 10.9. The number of hydrogen-bond donors (Lipinski definition) is 3. The first kappa shape index (κ1) is 22.5. The highest BCUT2D eigenvalue weighted by atomic mass is 32.2. The van der Waals surface area contributed by atoms with E-state index in [2.05, 4.69) is 21.9 Å². The van der Waals surface area contributed by atoms with Gasteiger partial charge in [0.05, 0.1) is 24.4 Å². The molecular weight excluding hydrogens is 429 g/mol. The standard InChI is InChI=1S/C18H24N5O5PS/c1-2-3-9-28-13-6-4-5-7-14(13)30-17-15-16(21-18(19)22-17)23(11-20-15)8-10-27-12-29(24,25)26/h4-7,11H,2-3,8-10,12H2,1H3,(H2,19,21,22)(H2,24,25,26). The van der Waals surface area contributed by atoms with Crippen molar-refractivity contribution in [3.63, 3.8) is 0 Å². The molecule has 3 aromatic rings. The van der Waals surface area contributed by atoms with Crippen molar-refractivity contribution in [1.82, 2.24) is 19.5 Å². The van der Waals surface area contributed by atoms with Gasteiger partial charge in [-0.1, -0.05) is 37.2 Å². The maximum Gasteiger partial charge on any atom is 0.350 e. The zero-order chi connectivity index (χ0) is 21.6. The molecule has 10 nitrogen and oxygen atoms in total. The summed E-state index contributed by atoms with van der Waals surface area (Å²) < 4.78 is 23.5. The molecule has 0 atom stereocenters. The second-order valence-corrected chi connectivity index (χ2v) is 9.07. The Kier molecular flexibility index (Phi) is 7.68. The van der Waals surface area contributed by atoms with Gasteiger partial charge in [-0.3, -0.25) is 4.57 Å². The van der Waals surface area contributed by atoms with Crippen molar-refractivity contribution in [2.45, 2.75) is 36.2 Å². The molecule has 3 rings (SSSR count). The summed E-state index contributed by atoms with van der Waals surface area (Å²) in [5, 5.41) is 0.596. The summed E-state index contributed by atoms with van der Waals surface area (Å²) in [7, 11) is -4.20. The number of anilines is 1. The van der Waals surface area contributed by atoms with E-state index in [9.17, 15) is 4.57 Å². The van der Waals surface area contributed by atoms with Crippen LogP contribution in [-0.2, 0) is 15.8 Å². The maximum atomic E-state index is 10.9. The lowest BCUT2D eigenvalue weighted by Gasteiger charge is -2.11. The number of para-hydroxylation sites is 1. The Morgan fingerprint density at radius 2 is 2.03 bits per heavy atom. The van der Waals surface area contributed by atoms with Crippen LogP contribution in [0, 0.1) is 0 Å². The van der Waals surface area contributed by atoms with Gasteiger partial charge in [0.1, 0.15) is 22.6 Å². The lowest BCUT2D eigenvalue weighted by molar-refractivity contribution is 0.149. The SMILES string of the molecule is CCCCOc1ccccc1Sc1nc(N)nc2c1ncn2CCOCP(=O)(O)O. The highest BCUT2D eigenvalue weighted by Crippen LogP contribution is 2.37. The Balaban J connectivity index is 1.79. The van der Waals surface area contributed by atoms with Crippen LogP contribution in [0.4, 0.5) is 5.95 Å². The molecule has 30 heavy (non-hydrogen) atoms. The third-order valence-corrected chi connectivity index (χ3v) is 5.55. The van der Waals surface area contributed by atoms with Crippen molar-refractivity contribution in [3.8, 4) is 5.75 Å². The number of rotatable bonds is 11. The monoisotopic (exact) mass is 453 g/mol. The highest BCUT2D eigenvalue weighted by Gasteiger charge is 2.16. The van der Waals surface area contributed by atoms with Gasteiger partial charge in [-0.05, 0) is 18.6 Å². The molecule has 0 amide bonds. The van der Waals surface area contributed by atoms with Gasteiger partial charge in [0.25, 0.3) is 0 Å². The average molecular weight is 453 g/mol. The summed E-state index contributed by atoms with van der Waals surface area (Å²) in [6.07, 6.45) is 2.96. The first-order valence-electron chi connectivity index (χ1n) is 9.37. The molecule has 162 valence electrons. The fourth-order valence-corrected chi connectivity index (χ4v) is 3.93. The summed E-state index contributed by atoms with van der Waals surface area (Å²) in [4.78, 5) is 31.6. The van der Waals surface area contributed by atoms with Crippen molar-refractivity contribution < 1.29 is 23.8 Å². The number of fused-ring (bicyclic) bond motifs is 1. The third-order valence-electron chi connectivity index (χ3n) is 4.00. The van der Waals surface area contributed by atoms with E-state index in [0.29, 0.717) is 29.3 Å². The minimum absolute atomic E-state index is 0.0943. The van der Waals surface area contributed by atoms with E-state index in [1.165, 1.54) is 11.8 Å². The van der Waals surface area contributed by atoms with Crippen molar-refractivity contribution in [2.75, 3.05) is 25.3 Å². The highest BCUT2D eigenvalue weighted by molar-refractivity contribution is 7.99. The molecule has 0 bridgehead atoms. The van der Waals surface area contributed by atoms with Gasteiger partial charge >= 0.3 is 7.60 Å². The number of imidazole rings is 1. The zero-order valence-corrected chi connectivity index (χ0v) is 18.2. The van der Waals surface area contributed by atoms with Crippen LogP contribution in [0.5, 0.6) is 5.75 Å². The summed E-state index contributed by atoms with van der Waals surface area (Å²) in [6, 6.07) is 7.70. The molecule has 0 radical (unpaired) electrons. The minimum Gasteiger partial charge on any atom is -0.492 e. The number of nitrogens with zero attached hydrogens (tertiary/aromatic N) is 4. The predicted octanol–water partition coefficient (Wildman–Crippen LogP) is 2.89.